The quantitative estimate of drug-likeness (QED) is 0.423. The Bertz CT molecular complexity index is 1230. The van der Waals surface area contributed by atoms with Crippen molar-refractivity contribution in [3.8, 4) is 10.6 Å². The van der Waals surface area contributed by atoms with Gasteiger partial charge in [0.2, 0.25) is 0 Å². The zero-order valence-electron chi connectivity index (χ0n) is 15.5. The van der Waals surface area contributed by atoms with Crippen LogP contribution in [0.3, 0.4) is 0 Å². The monoisotopic (exact) mass is 427 g/mol. The van der Waals surface area contributed by atoms with Gasteiger partial charge in [0.15, 0.2) is 0 Å². The molecular formula is C22H16F3N3OS. The highest BCUT2D eigenvalue weighted by molar-refractivity contribution is 7.21. The van der Waals surface area contributed by atoms with Gasteiger partial charge in [-0.3, -0.25) is 4.79 Å². The molecule has 0 saturated carbocycles. The zero-order valence-corrected chi connectivity index (χ0v) is 16.3. The zero-order chi connectivity index (χ0) is 21.3. The van der Waals surface area contributed by atoms with Crippen molar-refractivity contribution in [1.29, 1.82) is 0 Å². The van der Waals surface area contributed by atoms with Gasteiger partial charge in [0, 0.05) is 23.4 Å². The van der Waals surface area contributed by atoms with Crippen molar-refractivity contribution in [2.75, 3.05) is 5.73 Å². The molecule has 4 nitrogen and oxygen atoms in total. The van der Waals surface area contributed by atoms with E-state index in [-0.39, 0.29) is 12.5 Å². The number of nitrogens with two attached hydrogens (primary N) is 1. The molecule has 0 aliphatic carbocycles. The summed E-state index contributed by atoms with van der Waals surface area (Å²) in [6.07, 6.45) is -4.42. The number of nitrogens with one attached hydrogen (secondary N) is 1. The number of nitrogen functional groups attached to an aromatic ring is 1. The molecule has 8 heteroatoms. The Balaban J connectivity index is 1.51. The summed E-state index contributed by atoms with van der Waals surface area (Å²) in [4.78, 5) is 17.1. The van der Waals surface area contributed by atoms with Crippen LogP contribution in [0.2, 0.25) is 0 Å². The highest BCUT2D eigenvalue weighted by atomic mass is 32.1. The van der Waals surface area contributed by atoms with Crippen LogP contribution in [0.1, 0.15) is 21.5 Å². The summed E-state index contributed by atoms with van der Waals surface area (Å²) in [6, 6.07) is 17.4. The van der Waals surface area contributed by atoms with Gasteiger partial charge in [-0.2, -0.15) is 13.2 Å². The maximum absolute atomic E-state index is 12.8. The summed E-state index contributed by atoms with van der Waals surface area (Å²) in [5.74, 6) is -0.367. The Morgan fingerprint density at radius 1 is 1.03 bits per heavy atom. The molecule has 1 amide bonds. The first-order chi connectivity index (χ1) is 14.3. The topological polar surface area (TPSA) is 68.0 Å². The van der Waals surface area contributed by atoms with E-state index < -0.39 is 11.7 Å². The van der Waals surface area contributed by atoms with Crippen LogP contribution in [0.15, 0.2) is 66.7 Å². The number of benzene rings is 3. The van der Waals surface area contributed by atoms with Gasteiger partial charge in [-0.25, -0.2) is 4.98 Å². The van der Waals surface area contributed by atoms with Crippen LogP contribution in [0, 0.1) is 0 Å². The lowest BCUT2D eigenvalue weighted by molar-refractivity contribution is -0.137. The first kappa shape index (κ1) is 19.9. The fourth-order valence-electron chi connectivity index (χ4n) is 3.00. The molecular weight excluding hydrogens is 411 g/mol. The van der Waals surface area contributed by atoms with E-state index in [1.807, 2.05) is 18.2 Å². The van der Waals surface area contributed by atoms with Crippen LogP contribution in [-0.2, 0) is 12.7 Å². The van der Waals surface area contributed by atoms with E-state index in [0.717, 1.165) is 32.9 Å². The number of fused-ring (bicyclic) bond motifs is 1. The summed E-state index contributed by atoms with van der Waals surface area (Å²) < 4.78 is 39.3. The van der Waals surface area contributed by atoms with E-state index in [0.29, 0.717) is 16.8 Å². The second kappa shape index (κ2) is 7.79. The third-order valence-corrected chi connectivity index (χ3v) is 5.56. The molecule has 0 radical (unpaired) electrons. The number of hydrogen-bond donors (Lipinski definition) is 2. The molecule has 0 atom stereocenters. The molecule has 0 fully saturated rings. The average Bonchev–Trinajstić information content (AvgIpc) is 3.15. The Labute approximate surface area is 174 Å². The first-order valence-electron chi connectivity index (χ1n) is 9.00. The maximum atomic E-state index is 12.8. The third kappa shape index (κ3) is 4.28. The fourth-order valence-corrected chi connectivity index (χ4v) is 4.00. The minimum Gasteiger partial charge on any atom is -0.399 e. The van der Waals surface area contributed by atoms with E-state index >= 15 is 0 Å². The number of rotatable bonds is 4. The van der Waals surface area contributed by atoms with Gasteiger partial charge >= 0.3 is 6.18 Å². The molecule has 0 unspecified atom stereocenters. The normalized spacial score (nSPS) is 11.6. The number of nitrogens with zero attached hydrogens (tertiary/aromatic N) is 1. The molecule has 0 spiro atoms. The number of hydrogen-bond acceptors (Lipinski definition) is 4. The average molecular weight is 427 g/mol. The van der Waals surface area contributed by atoms with Gasteiger partial charge in [-0.05, 0) is 48.0 Å². The van der Waals surface area contributed by atoms with Crippen LogP contribution < -0.4 is 11.1 Å². The predicted molar refractivity (Wildman–Crippen MR) is 112 cm³/mol. The number of halogens is 3. The highest BCUT2D eigenvalue weighted by Gasteiger charge is 2.30. The van der Waals surface area contributed by atoms with Gasteiger partial charge in [-0.15, -0.1) is 11.3 Å². The lowest BCUT2D eigenvalue weighted by Crippen LogP contribution is -2.22. The van der Waals surface area contributed by atoms with Gasteiger partial charge in [0.25, 0.3) is 5.91 Å². The molecule has 0 aliphatic heterocycles. The van der Waals surface area contributed by atoms with Crippen molar-refractivity contribution in [1.82, 2.24) is 10.3 Å². The molecule has 0 aliphatic rings. The number of aromatic nitrogens is 1. The van der Waals surface area contributed by atoms with E-state index in [4.69, 9.17) is 5.73 Å². The standard InChI is InChI=1S/C22H16F3N3OS/c23-22(24,25)16-5-1-3-13(9-16)12-27-20(29)14-7-8-18-19(11-14)30-21(28-18)15-4-2-6-17(26)10-15/h1-11H,12,26H2,(H,27,29). The lowest BCUT2D eigenvalue weighted by atomic mass is 10.1. The fraction of sp³-hybridized carbons (Fsp3) is 0.0909. The number of carbonyl (C=O) groups excluding carboxylic acids is 1. The van der Waals surface area contributed by atoms with Crippen LogP contribution in [0.4, 0.5) is 18.9 Å². The summed E-state index contributed by atoms with van der Waals surface area (Å²) in [5, 5.41) is 3.46. The van der Waals surface area contributed by atoms with Crippen LogP contribution in [0.25, 0.3) is 20.8 Å². The van der Waals surface area contributed by atoms with E-state index in [1.54, 1.807) is 30.3 Å². The summed E-state index contributed by atoms with van der Waals surface area (Å²) in [5.41, 5.74) is 8.17. The minimum absolute atomic E-state index is 0.00196. The molecule has 0 saturated heterocycles. The van der Waals surface area contributed by atoms with Crippen molar-refractivity contribution in [2.45, 2.75) is 12.7 Å². The second-order valence-corrected chi connectivity index (χ2v) is 7.74. The lowest BCUT2D eigenvalue weighted by Gasteiger charge is -2.09. The molecule has 3 N–H and O–H groups in total. The Kier molecular flexibility index (Phi) is 5.17. The van der Waals surface area contributed by atoms with Crippen molar-refractivity contribution in [3.63, 3.8) is 0 Å². The number of anilines is 1. The van der Waals surface area contributed by atoms with Gasteiger partial charge in [0.05, 0.1) is 15.8 Å². The van der Waals surface area contributed by atoms with Gasteiger partial charge in [-0.1, -0.05) is 24.3 Å². The molecule has 1 heterocycles. The summed E-state index contributed by atoms with van der Waals surface area (Å²) in [6.45, 7) is -0.00196. The Morgan fingerprint density at radius 3 is 2.60 bits per heavy atom. The molecule has 152 valence electrons. The minimum atomic E-state index is -4.42. The predicted octanol–water partition coefficient (Wildman–Crippen LogP) is 5.49. The Morgan fingerprint density at radius 2 is 1.83 bits per heavy atom. The third-order valence-electron chi connectivity index (χ3n) is 4.49. The van der Waals surface area contributed by atoms with Gasteiger partial charge in [0.1, 0.15) is 5.01 Å². The number of thiazole rings is 1. The number of carbonyl (C=O) groups is 1. The van der Waals surface area contributed by atoms with E-state index in [1.165, 1.54) is 17.4 Å². The first-order valence-corrected chi connectivity index (χ1v) is 9.82. The Hall–Kier alpha value is -3.39. The molecule has 4 aromatic rings. The number of amides is 1. The van der Waals surface area contributed by atoms with E-state index in [2.05, 4.69) is 10.3 Å². The van der Waals surface area contributed by atoms with Crippen LogP contribution in [0.5, 0.6) is 0 Å². The molecule has 3 aromatic carbocycles. The summed E-state index contributed by atoms with van der Waals surface area (Å²) >= 11 is 1.44. The van der Waals surface area contributed by atoms with E-state index in [9.17, 15) is 18.0 Å². The summed E-state index contributed by atoms with van der Waals surface area (Å²) in [7, 11) is 0. The SMILES string of the molecule is Nc1cccc(-c2nc3ccc(C(=O)NCc4cccc(C(F)(F)F)c4)cc3s2)c1. The number of alkyl halides is 3. The van der Waals surface area contributed by atoms with Crippen molar-refractivity contribution in [3.05, 3.63) is 83.4 Å². The van der Waals surface area contributed by atoms with Crippen molar-refractivity contribution < 1.29 is 18.0 Å². The highest BCUT2D eigenvalue weighted by Crippen LogP contribution is 2.32. The smallest absolute Gasteiger partial charge is 0.399 e. The molecule has 30 heavy (non-hydrogen) atoms. The van der Waals surface area contributed by atoms with Crippen molar-refractivity contribution >= 4 is 33.1 Å². The molecule has 0 bridgehead atoms. The molecule has 1 aromatic heterocycles. The maximum Gasteiger partial charge on any atom is 0.416 e. The van der Waals surface area contributed by atoms with Crippen LogP contribution in [-0.4, -0.2) is 10.9 Å². The van der Waals surface area contributed by atoms with Gasteiger partial charge < -0.3 is 11.1 Å². The molecule has 4 rings (SSSR count). The largest absolute Gasteiger partial charge is 0.416 e. The second-order valence-electron chi connectivity index (χ2n) is 6.71. The van der Waals surface area contributed by atoms with Crippen molar-refractivity contribution in [2.24, 2.45) is 0 Å². The van der Waals surface area contributed by atoms with Crippen LogP contribution >= 0.6 is 11.3 Å².